The van der Waals surface area contributed by atoms with Gasteiger partial charge in [-0.3, -0.25) is 10.1 Å². The normalized spacial score (nSPS) is 10.8. The van der Waals surface area contributed by atoms with Crippen LogP contribution in [0.25, 0.3) is 11.0 Å². The number of urea groups is 1. The van der Waals surface area contributed by atoms with Crippen molar-refractivity contribution in [1.82, 2.24) is 20.2 Å². The van der Waals surface area contributed by atoms with E-state index in [0.29, 0.717) is 6.54 Å². The number of aryl methyl sites for hydroxylation is 2. The van der Waals surface area contributed by atoms with Gasteiger partial charge < -0.3 is 9.88 Å². The minimum absolute atomic E-state index is 0.133. The van der Waals surface area contributed by atoms with E-state index in [-0.39, 0.29) is 11.7 Å². The topological polar surface area (TPSA) is 76.0 Å². The summed E-state index contributed by atoms with van der Waals surface area (Å²) >= 11 is 1.34. The third kappa shape index (κ3) is 5.36. The van der Waals surface area contributed by atoms with Gasteiger partial charge in [-0.25, -0.2) is 9.78 Å². The van der Waals surface area contributed by atoms with Gasteiger partial charge >= 0.3 is 6.03 Å². The lowest BCUT2D eigenvalue weighted by molar-refractivity contribution is -0.117. The Balaban J connectivity index is 1.68. The standard InChI is InChI=1S/C21H24N4O2S/c1-2-13-22-20(27)24-19(26)15-28-21-23-17-10-6-7-11-18(17)25(21)14-12-16-8-4-3-5-9-16/h3-11H,2,12-15H2,1H3,(H2,22,24,26,27). The van der Waals surface area contributed by atoms with Crippen LogP contribution in [0.4, 0.5) is 4.79 Å². The monoisotopic (exact) mass is 396 g/mol. The zero-order valence-corrected chi connectivity index (χ0v) is 16.7. The van der Waals surface area contributed by atoms with Gasteiger partial charge in [0.15, 0.2) is 5.16 Å². The van der Waals surface area contributed by atoms with E-state index in [1.54, 1.807) is 0 Å². The summed E-state index contributed by atoms with van der Waals surface area (Å²) in [6, 6.07) is 17.8. The Morgan fingerprint density at radius 2 is 1.82 bits per heavy atom. The van der Waals surface area contributed by atoms with Gasteiger partial charge in [-0.2, -0.15) is 0 Å². The van der Waals surface area contributed by atoms with Crippen LogP contribution >= 0.6 is 11.8 Å². The molecule has 0 radical (unpaired) electrons. The molecule has 0 saturated heterocycles. The number of fused-ring (bicyclic) bond motifs is 1. The summed E-state index contributed by atoms with van der Waals surface area (Å²) in [5, 5.41) is 5.76. The molecule has 7 heteroatoms. The highest BCUT2D eigenvalue weighted by Crippen LogP contribution is 2.24. The van der Waals surface area contributed by atoms with Crippen LogP contribution in [0.2, 0.25) is 0 Å². The maximum Gasteiger partial charge on any atom is 0.321 e. The molecule has 2 aromatic carbocycles. The minimum atomic E-state index is -0.454. The Bertz CT molecular complexity index is 940. The van der Waals surface area contributed by atoms with Crippen LogP contribution in [0, 0.1) is 0 Å². The number of amides is 3. The van der Waals surface area contributed by atoms with Crippen LogP contribution in [-0.4, -0.2) is 33.8 Å². The first kappa shape index (κ1) is 19.9. The average molecular weight is 397 g/mol. The molecule has 146 valence electrons. The molecule has 28 heavy (non-hydrogen) atoms. The maximum atomic E-state index is 12.1. The predicted octanol–water partition coefficient (Wildman–Crippen LogP) is 3.61. The first-order valence-electron chi connectivity index (χ1n) is 9.37. The van der Waals surface area contributed by atoms with E-state index in [1.165, 1.54) is 17.3 Å². The molecule has 3 amide bonds. The first-order chi connectivity index (χ1) is 13.7. The fourth-order valence-corrected chi connectivity index (χ4v) is 3.68. The Kier molecular flexibility index (Phi) is 7.08. The van der Waals surface area contributed by atoms with Crippen LogP contribution < -0.4 is 10.6 Å². The first-order valence-corrected chi connectivity index (χ1v) is 10.4. The molecule has 0 spiro atoms. The number of nitrogens with one attached hydrogen (secondary N) is 2. The minimum Gasteiger partial charge on any atom is -0.338 e. The van der Waals surface area contributed by atoms with Gasteiger partial charge in [0, 0.05) is 13.1 Å². The number of para-hydroxylation sites is 2. The highest BCUT2D eigenvalue weighted by Gasteiger charge is 2.14. The van der Waals surface area contributed by atoms with Crippen molar-refractivity contribution in [1.29, 1.82) is 0 Å². The number of aromatic nitrogens is 2. The number of nitrogens with zero attached hydrogens (tertiary/aromatic N) is 2. The van der Waals surface area contributed by atoms with Crippen LogP contribution in [0.1, 0.15) is 18.9 Å². The van der Waals surface area contributed by atoms with Crippen LogP contribution in [0.15, 0.2) is 59.8 Å². The second-order valence-electron chi connectivity index (χ2n) is 6.36. The third-order valence-electron chi connectivity index (χ3n) is 4.21. The smallest absolute Gasteiger partial charge is 0.321 e. The van der Waals surface area contributed by atoms with Crippen molar-refractivity contribution in [2.45, 2.75) is 31.5 Å². The SMILES string of the molecule is CCCNC(=O)NC(=O)CSc1nc2ccccc2n1CCc1ccccc1. The molecule has 6 nitrogen and oxygen atoms in total. The summed E-state index contributed by atoms with van der Waals surface area (Å²) in [4.78, 5) is 28.4. The zero-order chi connectivity index (χ0) is 19.8. The van der Waals surface area contributed by atoms with Crippen molar-refractivity contribution in [3.8, 4) is 0 Å². The molecule has 0 atom stereocenters. The molecule has 1 heterocycles. The van der Waals surface area contributed by atoms with E-state index >= 15 is 0 Å². The van der Waals surface area contributed by atoms with Crippen molar-refractivity contribution < 1.29 is 9.59 Å². The summed E-state index contributed by atoms with van der Waals surface area (Å²) in [5.41, 5.74) is 3.20. The third-order valence-corrected chi connectivity index (χ3v) is 5.18. The number of thioether (sulfide) groups is 1. The molecule has 0 saturated carbocycles. The van der Waals surface area contributed by atoms with E-state index in [2.05, 4.69) is 32.3 Å². The number of hydrogen-bond donors (Lipinski definition) is 2. The number of benzene rings is 2. The zero-order valence-electron chi connectivity index (χ0n) is 15.9. The van der Waals surface area contributed by atoms with Gasteiger partial charge in [-0.05, 0) is 30.5 Å². The Morgan fingerprint density at radius 1 is 1.07 bits per heavy atom. The van der Waals surface area contributed by atoms with Crippen molar-refractivity contribution in [2.75, 3.05) is 12.3 Å². The van der Waals surface area contributed by atoms with Gasteiger partial charge in [-0.15, -0.1) is 0 Å². The van der Waals surface area contributed by atoms with E-state index in [1.807, 2.05) is 49.4 Å². The molecule has 0 fully saturated rings. The molecular weight excluding hydrogens is 372 g/mol. The molecule has 0 aliphatic rings. The average Bonchev–Trinajstić information content (AvgIpc) is 3.07. The molecule has 0 unspecified atom stereocenters. The van der Waals surface area contributed by atoms with Crippen LogP contribution in [0.3, 0.4) is 0 Å². The molecule has 2 N–H and O–H groups in total. The highest BCUT2D eigenvalue weighted by atomic mass is 32.2. The van der Waals surface area contributed by atoms with E-state index in [4.69, 9.17) is 0 Å². The van der Waals surface area contributed by atoms with E-state index in [9.17, 15) is 9.59 Å². The number of imide groups is 1. The molecule has 0 aliphatic heterocycles. The number of hydrogen-bond acceptors (Lipinski definition) is 4. The second kappa shape index (κ2) is 9.94. The van der Waals surface area contributed by atoms with E-state index < -0.39 is 6.03 Å². The van der Waals surface area contributed by atoms with E-state index in [0.717, 1.165) is 35.6 Å². The van der Waals surface area contributed by atoms with Crippen molar-refractivity contribution in [3.63, 3.8) is 0 Å². The van der Waals surface area contributed by atoms with Crippen LogP contribution in [-0.2, 0) is 17.8 Å². The summed E-state index contributed by atoms with van der Waals surface area (Å²) in [6.45, 7) is 3.27. The Morgan fingerprint density at radius 3 is 2.61 bits per heavy atom. The lowest BCUT2D eigenvalue weighted by Gasteiger charge is -2.09. The van der Waals surface area contributed by atoms with Gasteiger partial charge in [-0.1, -0.05) is 61.2 Å². The van der Waals surface area contributed by atoms with Crippen LogP contribution in [0.5, 0.6) is 0 Å². The number of carbonyl (C=O) groups is 2. The summed E-state index contributed by atoms with van der Waals surface area (Å²) < 4.78 is 2.14. The Labute approximate surface area is 168 Å². The fraction of sp³-hybridized carbons (Fsp3) is 0.286. The molecule has 3 aromatic rings. The summed E-state index contributed by atoms with van der Waals surface area (Å²) in [5.74, 6) is -0.200. The van der Waals surface area contributed by atoms with Gasteiger partial charge in [0.2, 0.25) is 5.91 Å². The quantitative estimate of drug-likeness (QED) is 0.571. The fourth-order valence-electron chi connectivity index (χ4n) is 2.84. The maximum absolute atomic E-state index is 12.1. The molecule has 1 aromatic heterocycles. The van der Waals surface area contributed by atoms with Crippen molar-refractivity contribution >= 4 is 34.7 Å². The number of imidazole rings is 1. The van der Waals surface area contributed by atoms with Gasteiger partial charge in [0.05, 0.1) is 16.8 Å². The summed E-state index contributed by atoms with van der Waals surface area (Å²) in [7, 11) is 0. The number of rotatable bonds is 8. The van der Waals surface area contributed by atoms with Crippen molar-refractivity contribution in [2.24, 2.45) is 0 Å². The molecule has 0 aliphatic carbocycles. The lowest BCUT2D eigenvalue weighted by Crippen LogP contribution is -2.40. The second-order valence-corrected chi connectivity index (χ2v) is 7.31. The largest absolute Gasteiger partial charge is 0.338 e. The highest BCUT2D eigenvalue weighted by molar-refractivity contribution is 7.99. The molecule has 0 bridgehead atoms. The molecule has 3 rings (SSSR count). The Hall–Kier alpha value is -2.80. The van der Waals surface area contributed by atoms with Gasteiger partial charge in [0.1, 0.15) is 0 Å². The van der Waals surface area contributed by atoms with Gasteiger partial charge in [0.25, 0.3) is 0 Å². The number of carbonyl (C=O) groups excluding carboxylic acids is 2. The predicted molar refractivity (Wildman–Crippen MR) is 112 cm³/mol. The molecular formula is C21H24N4O2S. The summed E-state index contributed by atoms with van der Waals surface area (Å²) in [6.07, 6.45) is 1.70. The lowest BCUT2D eigenvalue weighted by atomic mass is 10.1. The van der Waals surface area contributed by atoms with Crippen molar-refractivity contribution in [3.05, 3.63) is 60.2 Å².